The fourth-order valence-electron chi connectivity index (χ4n) is 3.28. The predicted octanol–water partition coefficient (Wildman–Crippen LogP) is 4.02. The standard InChI is InChI=1S/C18H25N3S/c1-14(17-7-12-22-13-17)20-18-5-10-21(11-6-18)15(2)16-3-8-19-9-4-16/h3-4,7-9,12-15,18,20H,5-6,10-11H2,1-2H3. The molecule has 1 N–H and O–H groups in total. The molecule has 0 saturated carbocycles. The lowest BCUT2D eigenvalue weighted by Gasteiger charge is -2.37. The van der Waals surface area contributed by atoms with Gasteiger partial charge in [-0.05, 0) is 66.8 Å². The molecule has 4 heteroatoms. The van der Waals surface area contributed by atoms with Crippen LogP contribution in [-0.4, -0.2) is 29.0 Å². The number of nitrogens with one attached hydrogen (secondary N) is 1. The minimum atomic E-state index is 0.459. The van der Waals surface area contributed by atoms with E-state index < -0.39 is 0 Å². The molecule has 1 aliphatic rings. The SMILES string of the molecule is CC(NC1CCN(C(C)c2ccncc2)CC1)c1ccsc1. The smallest absolute Gasteiger partial charge is 0.0321 e. The van der Waals surface area contributed by atoms with Gasteiger partial charge >= 0.3 is 0 Å². The second-order valence-corrected chi connectivity index (χ2v) is 6.99. The molecule has 1 saturated heterocycles. The van der Waals surface area contributed by atoms with Crippen molar-refractivity contribution in [2.45, 2.75) is 44.8 Å². The zero-order valence-electron chi connectivity index (χ0n) is 13.4. The maximum absolute atomic E-state index is 4.11. The average Bonchev–Trinajstić information content (AvgIpc) is 3.10. The monoisotopic (exact) mass is 315 g/mol. The topological polar surface area (TPSA) is 28.2 Å². The van der Waals surface area contributed by atoms with Crippen molar-refractivity contribution >= 4 is 11.3 Å². The van der Waals surface area contributed by atoms with Gasteiger partial charge in [0.1, 0.15) is 0 Å². The molecule has 0 bridgehead atoms. The fourth-order valence-corrected chi connectivity index (χ4v) is 4.03. The van der Waals surface area contributed by atoms with Gasteiger partial charge in [0.15, 0.2) is 0 Å². The molecule has 1 fully saturated rings. The molecule has 0 amide bonds. The van der Waals surface area contributed by atoms with Crippen molar-refractivity contribution in [3.8, 4) is 0 Å². The van der Waals surface area contributed by atoms with E-state index in [9.17, 15) is 0 Å². The fraction of sp³-hybridized carbons (Fsp3) is 0.500. The Hall–Kier alpha value is -1.23. The zero-order chi connectivity index (χ0) is 15.4. The van der Waals surface area contributed by atoms with Gasteiger partial charge in [0, 0.05) is 43.6 Å². The van der Waals surface area contributed by atoms with Crippen LogP contribution in [0.25, 0.3) is 0 Å². The second-order valence-electron chi connectivity index (χ2n) is 6.21. The first-order chi connectivity index (χ1) is 10.7. The number of thiophene rings is 1. The summed E-state index contributed by atoms with van der Waals surface area (Å²) in [6.45, 7) is 6.90. The van der Waals surface area contributed by atoms with Gasteiger partial charge in [0.05, 0.1) is 0 Å². The third kappa shape index (κ3) is 3.75. The summed E-state index contributed by atoms with van der Waals surface area (Å²) in [6, 6.07) is 8.07. The van der Waals surface area contributed by atoms with Crippen LogP contribution in [0.5, 0.6) is 0 Å². The van der Waals surface area contributed by atoms with Crippen molar-refractivity contribution in [1.29, 1.82) is 0 Å². The summed E-state index contributed by atoms with van der Waals surface area (Å²) in [5.74, 6) is 0. The maximum atomic E-state index is 4.11. The van der Waals surface area contributed by atoms with Gasteiger partial charge in [-0.25, -0.2) is 0 Å². The van der Waals surface area contributed by atoms with Gasteiger partial charge in [-0.15, -0.1) is 0 Å². The summed E-state index contributed by atoms with van der Waals surface area (Å²) in [7, 11) is 0. The molecular formula is C18H25N3S. The molecule has 3 rings (SSSR count). The van der Waals surface area contributed by atoms with Gasteiger partial charge in [-0.3, -0.25) is 9.88 Å². The van der Waals surface area contributed by atoms with Crippen LogP contribution in [-0.2, 0) is 0 Å². The van der Waals surface area contributed by atoms with Gasteiger partial charge in [-0.1, -0.05) is 0 Å². The molecule has 3 heterocycles. The van der Waals surface area contributed by atoms with E-state index in [-0.39, 0.29) is 0 Å². The van der Waals surface area contributed by atoms with Gasteiger partial charge in [-0.2, -0.15) is 11.3 Å². The normalized spacial score (nSPS) is 19.9. The van der Waals surface area contributed by atoms with Crippen molar-refractivity contribution in [3.05, 3.63) is 52.5 Å². The van der Waals surface area contributed by atoms with E-state index in [1.165, 1.54) is 24.0 Å². The molecular weight excluding hydrogens is 290 g/mol. The van der Waals surface area contributed by atoms with Crippen LogP contribution in [0.3, 0.4) is 0 Å². The van der Waals surface area contributed by atoms with Crippen molar-refractivity contribution in [1.82, 2.24) is 15.2 Å². The van der Waals surface area contributed by atoms with E-state index >= 15 is 0 Å². The number of aromatic nitrogens is 1. The first kappa shape index (κ1) is 15.7. The Bertz CT molecular complexity index is 547. The third-order valence-electron chi connectivity index (χ3n) is 4.79. The molecule has 0 radical (unpaired) electrons. The first-order valence-electron chi connectivity index (χ1n) is 8.16. The number of rotatable bonds is 5. The molecule has 22 heavy (non-hydrogen) atoms. The highest BCUT2D eigenvalue weighted by molar-refractivity contribution is 7.07. The van der Waals surface area contributed by atoms with Crippen LogP contribution in [0, 0.1) is 0 Å². The Morgan fingerprint density at radius 1 is 1.14 bits per heavy atom. The quantitative estimate of drug-likeness (QED) is 0.903. The zero-order valence-corrected chi connectivity index (χ0v) is 14.2. The van der Waals surface area contributed by atoms with Gasteiger partial charge in [0.25, 0.3) is 0 Å². The Kier molecular flexibility index (Phi) is 5.24. The number of piperidine rings is 1. The highest BCUT2D eigenvalue weighted by atomic mass is 32.1. The van der Waals surface area contributed by atoms with E-state index in [0.29, 0.717) is 18.1 Å². The van der Waals surface area contributed by atoms with E-state index in [1.54, 1.807) is 11.3 Å². The second kappa shape index (κ2) is 7.36. The molecule has 2 unspecified atom stereocenters. The van der Waals surface area contributed by atoms with Crippen LogP contribution in [0.2, 0.25) is 0 Å². The van der Waals surface area contributed by atoms with Crippen LogP contribution in [0.15, 0.2) is 41.4 Å². The van der Waals surface area contributed by atoms with E-state index in [1.807, 2.05) is 12.4 Å². The number of pyridine rings is 1. The molecule has 2 aromatic rings. The molecule has 0 spiro atoms. The predicted molar refractivity (Wildman–Crippen MR) is 93.1 cm³/mol. The van der Waals surface area contributed by atoms with Crippen LogP contribution in [0.4, 0.5) is 0 Å². The largest absolute Gasteiger partial charge is 0.307 e. The van der Waals surface area contributed by atoms with Gasteiger partial charge < -0.3 is 5.32 Å². The third-order valence-corrected chi connectivity index (χ3v) is 5.50. The van der Waals surface area contributed by atoms with Crippen molar-refractivity contribution < 1.29 is 0 Å². The van der Waals surface area contributed by atoms with E-state index in [0.717, 1.165) is 13.1 Å². The lowest BCUT2D eigenvalue weighted by atomic mass is 9.99. The molecule has 3 nitrogen and oxygen atoms in total. The summed E-state index contributed by atoms with van der Waals surface area (Å²) in [5, 5.41) is 8.20. The Balaban J connectivity index is 1.50. The summed E-state index contributed by atoms with van der Waals surface area (Å²) >= 11 is 1.78. The Morgan fingerprint density at radius 2 is 1.86 bits per heavy atom. The molecule has 2 atom stereocenters. The maximum Gasteiger partial charge on any atom is 0.0321 e. The lowest BCUT2D eigenvalue weighted by molar-refractivity contribution is 0.149. The van der Waals surface area contributed by atoms with Gasteiger partial charge in [0.2, 0.25) is 0 Å². The number of hydrogen-bond acceptors (Lipinski definition) is 4. The van der Waals surface area contributed by atoms with Crippen molar-refractivity contribution in [3.63, 3.8) is 0 Å². The summed E-state index contributed by atoms with van der Waals surface area (Å²) < 4.78 is 0. The van der Waals surface area contributed by atoms with Crippen LogP contribution >= 0.6 is 11.3 Å². The minimum absolute atomic E-state index is 0.459. The number of likely N-dealkylation sites (tertiary alicyclic amines) is 1. The summed E-state index contributed by atoms with van der Waals surface area (Å²) in [6.07, 6.45) is 6.24. The van der Waals surface area contributed by atoms with Crippen molar-refractivity contribution in [2.75, 3.05) is 13.1 Å². The summed E-state index contributed by atoms with van der Waals surface area (Å²) in [5.41, 5.74) is 2.78. The lowest BCUT2D eigenvalue weighted by Crippen LogP contribution is -2.44. The van der Waals surface area contributed by atoms with E-state index in [4.69, 9.17) is 0 Å². The number of nitrogens with zero attached hydrogens (tertiary/aromatic N) is 2. The molecule has 0 aliphatic carbocycles. The number of hydrogen-bond donors (Lipinski definition) is 1. The molecule has 0 aromatic carbocycles. The van der Waals surface area contributed by atoms with Crippen molar-refractivity contribution in [2.24, 2.45) is 0 Å². The van der Waals surface area contributed by atoms with Crippen LogP contribution < -0.4 is 5.32 Å². The minimum Gasteiger partial charge on any atom is -0.307 e. The molecule has 2 aromatic heterocycles. The molecule has 118 valence electrons. The Labute approximate surface area is 137 Å². The summed E-state index contributed by atoms with van der Waals surface area (Å²) in [4.78, 5) is 6.70. The van der Waals surface area contributed by atoms with Crippen LogP contribution in [0.1, 0.15) is 49.9 Å². The highest BCUT2D eigenvalue weighted by Crippen LogP contribution is 2.25. The highest BCUT2D eigenvalue weighted by Gasteiger charge is 2.24. The van der Waals surface area contributed by atoms with E-state index in [2.05, 4.69) is 58.0 Å². The Morgan fingerprint density at radius 3 is 2.50 bits per heavy atom. The molecule has 1 aliphatic heterocycles. The average molecular weight is 315 g/mol. The first-order valence-corrected chi connectivity index (χ1v) is 9.10.